The van der Waals surface area contributed by atoms with Crippen LogP contribution in [0.1, 0.15) is 16.7 Å². The number of anilines is 1. The average Bonchev–Trinajstić information content (AvgIpc) is 2.98. The second-order valence-corrected chi connectivity index (χ2v) is 9.79. The molecule has 9 nitrogen and oxygen atoms in total. The van der Waals surface area contributed by atoms with E-state index in [1.54, 1.807) is 84.9 Å². The highest BCUT2D eigenvalue weighted by molar-refractivity contribution is 5.84. The summed E-state index contributed by atoms with van der Waals surface area (Å²) in [6.45, 7) is 1.03. The van der Waals surface area contributed by atoms with E-state index in [4.69, 9.17) is 4.74 Å². The molecular weight excluding hydrogens is 565 g/mol. The highest BCUT2D eigenvalue weighted by Crippen LogP contribution is 2.24. The monoisotopic (exact) mass is 594 g/mol. The van der Waals surface area contributed by atoms with E-state index >= 15 is 0 Å². The van der Waals surface area contributed by atoms with Crippen molar-refractivity contribution >= 4 is 17.7 Å². The molecule has 2 unspecified atom stereocenters. The number of aliphatic hydroxyl groups excluding tert-OH is 1. The van der Waals surface area contributed by atoms with Crippen molar-refractivity contribution in [2.75, 3.05) is 5.32 Å². The minimum absolute atomic E-state index is 0.0410. The van der Waals surface area contributed by atoms with Crippen LogP contribution in [-0.2, 0) is 29.1 Å². The molecule has 3 N–H and O–H groups in total. The number of aryl methyl sites for hydroxylation is 1. The molecule has 0 saturated carbocycles. The number of amides is 2. The van der Waals surface area contributed by atoms with Crippen LogP contribution in [0, 0.1) is 6.92 Å². The van der Waals surface area contributed by atoms with Gasteiger partial charge in [-0.05, 0) is 24.5 Å². The number of carbonyl (C=O) groups is 2. The van der Waals surface area contributed by atoms with Gasteiger partial charge in [-0.1, -0.05) is 90.5 Å². The lowest BCUT2D eigenvalue weighted by Crippen LogP contribution is -2.52. The van der Waals surface area contributed by atoms with Gasteiger partial charge in [0.15, 0.2) is 6.10 Å². The van der Waals surface area contributed by atoms with Crippen molar-refractivity contribution in [3.63, 3.8) is 0 Å². The first-order valence-corrected chi connectivity index (χ1v) is 13.2. The van der Waals surface area contributed by atoms with E-state index in [1.165, 1.54) is 0 Å². The fourth-order valence-corrected chi connectivity index (χ4v) is 4.26. The maximum atomic E-state index is 13.5. The number of rotatable bonds is 10. The Morgan fingerprint density at radius 3 is 2.16 bits per heavy atom. The summed E-state index contributed by atoms with van der Waals surface area (Å²) in [6.07, 6.45) is -8.03. The zero-order valence-corrected chi connectivity index (χ0v) is 23.0. The SMILES string of the molecule is Cc1ccc(-c2ncc(NC(=O)OCc3ccccc3)c(=O)n2CC(=O)NC(Cc2ccccc2)C(O)C(F)(F)F)cc1. The number of aromatic nitrogens is 2. The van der Waals surface area contributed by atoms with Crippen molar-refractivity contribution in [1.29, 1.82) is 0 Å². The van der Waals surface area contributed by atoms with Gasteiger partial charge >= 0.3 is 12.3 Å². The van der Waals surface area contributed by atoms with Crippen LogP contribution in [0.3, 0.4) is 0 Å². The highest BCUT2D eigenvalue weighted by atomic mass is 19.4. The number of nitrogens with zero attached hydrogens (tertiary/aromatic N) is 2. The number of hydrogen-bond donors (Lipinski definition) is 3. The molecule has 0 aliphatic carbocycles. The average molecular weight is 595 g/mol. The van der Waals surface area contributed by atoms with Gasteiger partial charge in [0.2, 0.25) is 5.91 Å². The first-order valence-electron chi connectivity index (χ1n) is 13.2. The Labute approximate surface area is 245 Å². The minimum Gasteiger partial charge on any atom is -0.444 e. The first-order chi connectivity index (χ1) is 20.5. The number of hydrogen-bond acceptors (Lipinski definition) is 6. The Morgan fingerprint density at radius 1 is 0.953 bits per heavy atom. The second kappa shape index (κ2) is 13.8. The number of halogens is 3. The van der Waals surface area contributed by atoms with Crippen molar-refractivity contribution in [3.05, 3.63) is 118 Å². The maximum absolute atomic E-state index is 13.5. The molecule has 1 aromatic heterocycles. The van der Waals surface area contributed by atoms with E-state index in [1.807, 2.05) is 6.92 Å². The Morgan fingerprint density at radius 2 is 1.56 bits per heavy atom. The van der Waals surface area contributed by atoms with E-state index in [0.29, 0.717) is 16.7 Å². The molecule has 12 heteroatoms. The van der Waals surface area contributed by atoms with E-state index in [9.17, 15) is 32.7 Å². The lowest BCUT2D eigenvalue weighted by Gasteiger charge is -2.26. The number of carbonyl (C=O) groups excluding carboxylic acids is 2. The molecular formula is C31H29F3N4O5. The molecule has 1 heterocycles. The second-order valence-electron chi connectivity index (χ2n) is 9.79. The summed E-state index contributed by atoms with van der Waals surface area (Å²) in [7, 11) is 0. The predicted octanol–water partition coefficient (Wildman–Crippen LogP) is 4.62. The van der Waals surface area contributed by atoms with Gasteiger partial charge < -0.3 is 15.2 Å². The summed E-state index contributed by atoms with van der Waals surface area (Å²) in [5.74, 6) is -0.940. The van der Waals surface area contributed by atoms with E-state index in [-0.39, 0.29) is 24.5 Å². The van der Waals surface area contributed by atoms with Crippen LogP contribution in [0.5, 0.6) is 0 Å². The topological polar surface area (TPSA) is 123 Å². The quantitative estimate of drug-likeness (QED) is 0.246. The fraction of sp³-hybridized carbons (Fsp3) is 0.226. The summed E-state index contributed by atoms with van der Waals surface area (Å²) >= 11 is 0. The summed E-state index contributed by atoms with van der Waals surface area (Å²) in [5, 5.41) is 14.6. The van der Waals surface area contributed by atoms with Crippen LogP contribution >= 0.6 is 0 Å². The lowest BCUT2D eigenvalue weighted by atomic mass is 10.0. The van der Waals surface area contributed by atoms with E-state index in [0.717, 1.165) is 16.3 Å². The molecule has 224 valence electrons. The Bertz CT molecular complexity index is 1590. The van der Waals surface area contributed by atoms with Crippen molar-refractivity contribution in [2.45, 2.75) is 44.8 Å². The van der Waals surface area contributed by atoms with Gasteiger partial charge in [0.25, 0.3) is 5.56 Å². The highest BCUT2D eigenvalue weighted by Gasteiger charge is 2.44. The van der Waals surface area contributed by atoms with Crippen molar-refractivity contribution in [3.8, 4) is 11.4 Å². The molecule has 0 radical (unpaired) electrons. The van der Waals surface area contributed by atoms with Crippen molar-refractivity contribution in [1.82, 2.24) is 14.9 Å². The van der Waals surface area contributed by atoms with Crippen LogP contribution in [0.4, 0.5) is 23.7 Å². The number of alkyl halides is 3. The Hall–Kier alpha value is -4.97. The molecule has 2 atom stereocenters. The molecule has 0 saturated heterocycles. The molecule has 4 aromatic rings. The third-order valence-electron chi connectivity index (χ3n) is 6.47. The van der Waals surface area contributed by atoms with Gasteiger partial charge in [0.1, 0.15) is 24.7 Å². The van der Waals surface area contributed by atoms with Crippen LogP contribution in [-0.4, -0.2) is 45.0 Å². The van der Waals surface area contributed by atoms with Crippen molar-refractivity contribution < 1.29 is 32.6 Å². The number of benzene rings is 3. The molecule has 2 amide bonds. The smallest absolute Gasteiger partial charge is 0.416 e. The summed E-state index contributed by atoms with van der Waals surface area (Å²) in [4.78, 5) is 43.3. The molecule has 3 aromatic carbocycles. The van der Waals surface area contributed by atoms with Crippen LogP contribution in [0.2, 0.25) is 0 Å². The predicted molar refractivity (Wildman–Crippen MR) is 153 cm³/mol. The third-order valence-corrected chi connectivity index (χ3v) is 6.47. The molecule has 0 spiro atoms. The zero-order chi connectivity index (χ0) is 31.0. The number of nitrogens with one attached hydrogen (secondary N) is 2. The van der Waals surface area contributed by atoms with Crippen LogP contribution in [0.25, 0.3) is 11.4 Å². The zero-order valence-electron chi connectivity index (χ0n) is 23.0. The molecule has 4 rings (SSSR count). The summed E-state index contributed by atoms with van der Waals surface area (Å²) < 4.78 is 46.6. The number of aliphatic hydroxyl groups is 1. The minimum atomic E-state index is -5.01. The Balaban J connectivity index is 1.60. The van der Waals surface area contributed by atoms with Crippen LogP contribution < -0.4 is 16.2 Å². The van der Waals surface area contributed by atoms with Gasteiger partial charge in [-0.15, -0.1) is 0 Å². The molecule has 0 aliphatic heterocycles. The normalized spacial score (nSPS) is 12.7. The molecule has 0 bridgehead atoms. The van der Waals surface area contributed by atoms with Gasteiger partial charge in [0, 0.05) is 5.56 Å². The van der Waals surface area contributed by atoms with Gasteiger partial charge in [0.05, 0.1) is 12.2 Å². The summed E-state index contributed by atoms with van der Waals surface area (Å²) in [5.41, 5.74) is 1.39. The Kier molecular flexibility index (Phi) is 9.94. The molecule has 0 aliphatic rings. The third kappa shape index (κ3) is 8.52. The molecule has 0 fully saturated rings. The van der Waals surface area contributed by atoms with Crippen molar-refractivity contribution in [2.24, 2.45) is 0 Å². The lowest BCUT2D eigenvalue weighted by molar-refractivity contribution is -0.212. The van der Waals surface area contributed by atoms with E-state index in [2.05, 4.69) is 15.6 Å². The van der Waals surface area contributed by atoms with Gasteiger partial charge in [-0.3, -0.25) is 19.5 Å². The molecule has 43 heavy (non-hydrogen) atoms. The van der Waals surface area contributed by atoms with Gasteiger partial charge in [-0.25, -0.2) is 9.78 Å². The van der Waals surface area contributed by atoms with E-state index < -0.39 is 42.4 Å². The number of ether oxygens (including phenoxy) is 1. The maximum Gasteiger partial charge on any atom is 0.416 e. The first kappa shape index (κ1) is 31.0. The largest absolute Gasteiger partial charge is 0.444 e. The van der Waals surface area contributed by atoms with Crippen LogP contribution in [0.15, 0.2) is 95.9 Å². The van der Waals surface area contributed by atoms with Gasteiger partial charge in [-0.2, -0.15) is 13.2 Å². The fourth-order valence-electron chi connectivity index (χ4n) is 4.26. The summed E-state index contributed by atoms with van der Waals surface area (Å²) in [6, 6.07) is 22.0. The standard InChI is InChI=1S/C31H29F3N4O5/c1-20-12-14-23(15-13-20)28-35-17-25(37-30(42)43-19-22-10-6-3-7-11-22)29(41)38(28)18-26(39)36-24(27(40)31(32,33)34)16-21-8-4-2-5-9-21/h2-15,17,24,27,40H,16,18-19H2,1H3,(H,36,39)(H,37,42).